The topological polar surface area (TPSA) is 12.9 Å². The van der Waals surface area contributed by atoms with Crippen LogP contribution in [0, 0.1) is 0 Å². The van der Waals surface area contributed by atoms with E-state index in [2.05, 4.69) is 20.9 Å². The fraction of sp³-hybridized carbons (Fsp3) is 0. The quantitative estimate of drug-likeness (QED) is 0.687. The number of benzene rings is 1. The third-order valence-corrected chi connectivity index (χ3v) is 3.11. The Kier molecular flexibility index (Phi) is 2.03. The van der Waals surface area contributed by atoms with Crippen LogP contribution in [0.1, 0.15) is 0 Å². The van der Waals surface area contributed by atoms with E-state index < -0.39 is 0 Å². The van der Waals surface area contributed by atoms with Gasteiger partial charge in [-0.2, -0.15) is 0 Å². The zero-order valence-electron chi connectivity index (χ0n) is 6.09. The normalized spacial score (nSPS) is 10.5. The van der Waals surface area contributed by atoms with Crippen LogP contribution >= 0.6 is 27.5 Å². The van der Waals surface area contributed by atoms with Crippen molar-refractivity contribution in [3.05, 3.63) is 40.1 Å². The van der Waals surface area contributed by atoms with E-state index in [9.17, 15) is 0 Å². The van der Waals surface area contributed by atoms with Crippen LogP contribution in [0.15, 0.2) is 35.1 Å². The molecule has 0 saturated carbocycles. The molecule has 0 aliphatic carbocycles. The first kappa shape index (κ1) is 8.02. The SMILES string of the molecule is Clc1ccc2ccncc2c1Br. The van der Waals surface area contributed by atoms with Crippen LogP contribution in [0.3, 0.4) is 0 Å². The molecular weight excluding hydrogens is 237 g/mol. The van der Waals surface area contributed by atoms with Gasteiger partial charge in [-0.05, 0) is 33.4 Å². The minimum absolute atomic E-state index is 0.718. The van der Waals surface area contributed by atoms with Crippen LogP contribution < -0.4 is 0 Å². The van der Waals surface area contributed by atoms with Crippen molar-refractivity contribution in [2.45, 2.75) is 0 Å². The summed E-state index contributed by atoms with van der Waals surface area (Å²) in [4.78, 5) is 4.03. The van der Waals surface area contributed by atoms with Crippen molar-refractivity contribution in [2.24, 2.45) is 0 Å². The lowest BCUT2D eigenvalue weighted by atomic mass is 10.2. The van der Waals surface area contributed by atoms with Crippen LogP contribution in [0.5, 0.6) is 0 Å². The number of hydrogen-bond donors (Lipinski definition) is 0. The Balaban J connectivity index is 2.91. The van der Waals surface area contributed by atoms with Crippen LogP contribution in [0.25, 0.3) is 10.8 Å². The lowest BCUT2D eigenvalue weighted by Gasteiger charge is -2.00. The molecule has 0 radical (unpaired) electrons. The van der Waals surface area contributed by atoms with Crippen molar-refractivity contribution in [3.63, 3.8) is 0 Å². The van der Waals surface area contributed by atoms with Crippen LogP contribution in [0.4, 0.5) is 0 Å². The van der Waals surface area contributed by atoms with Gasteiger partial charge in [0.25, 0.3) is 0 Å². The molecule has 0 amide bonds. The van der Waals surface area contributed by atoms with Crippen molar-refractivity contribution in [1.82, 2.24) is 4.98 Å². The maximum absolute atomic E-state index is 5.91. The fourth-order valence-corrected chi connectivity index (χ4v) is 1.73. The molecule has 0 bridgehead atoms. The second-order valence-electron chi connectivity index (χ2n) is 2.46. The third kappa shape index (κ3) is 1.21. The van der Waals surface area contributed by atoms with Crippen LogP contribution in [0.2, 0.25) is 5.02 Å². The predicted molar refractivity (Wildman–Crippen MR) is 54.5 cm³/mol. The van der Waals surface area contributed by atoms with Gasteiger partial charge in [0.05, 0.1) is 5.02 Å². The van der Waals surface area contributed by atoms with Gasteiger partial charge in [-0.15, -0.1) is 0 Å². The molecule has 0 spiro atoms. The Morgan fingerprint density at radius 3 is 2.92 bits per heavy atom. The lowest BCUT2D eigenvalue weighted by Crippen LogP contribution is -1.77. The second-order valence-corrected chi connectivity index (χ2v) is 3.66. The average molecular weight is 243 g/mol. The van der Waals surface area contributed by atoms with Gasteiger partial charge >= 0.3 is 0 Å². The van der Waals surface area contributed by atoms with Crippen LogP contribution in [-0.4, -0.2) is 4.98 Å². The van der Waals surface area contributed by atoms with E-state index in [1.54, 1.807) is 12.4 Å². The van der Waals surface area contributed by atoms with Gasteiger partial charge in [0.2, 0.25) is 0 Å². The van der Waals surface area contributed by atoms with E-state index in [4.69, 9.17) is 11.6 Å². The summed E-state index contributed by atoms with van der Waals surface area (Å²) in [5.74, 6) is 0. The van der Waals surface area contributed by atoms with Gasteiger partial charge in [0.1, 0.15) is 0 Å². The number of pyridine rings is 1. The first-order valence-corrected chi connectivity index (χ1v) is 4.64. The molecule has 0 fully saturated rings. The second kappa shape index (κ2) is 3.04. The lowest BCUT2D eigenvalue weighted by molar-refractivity contribution is 1.36. The summed E-state index contributed by atoms with van der Waals surface area (Å²) in [6.07, 6.45) is 3.56. The van der Waals surface area contributed by atoms with Gasteiger partial charge in [-0.3, -0.25) is 4.98 Å². The molecule has 60 valence electrons. The highest BCUT2D eigenvalue weighted by Gasteiger charge is 2.01. The van der Waals surface area contributed by atoms with Gasteiger partial charge < -0.3 is 0 Å². The van der Waals surface area contributed by atoms with Gasteiger partial charge in [0.15, 0.2) is 0 Å². The van der Waals surface area contributed by atoms with E-state index in [-0.39, 0.29) is 0 Å². The van der Waals surface area contributed by atoms with Gasteiger partial charge in [-0.1, -0.05) is 17.7 Å². The summed E-state index contributed by atoms with van der Waals surface area (Å²) in [5.41, 5.74) is 0. The van der Waals surface area contributed by atoms with Crippen molar-refractivity contribution in [2.75, 3.05) is 0 Å². The fourth-order valence-electron chi connectivity index (χ4n) is 1.10. The molecule has 2 aromatic rings. The Hall–Kier alpha value is -0.600. The molecule has 1 aromatic carbocycles. The Labute approximate surface area is 83.5 Å². The maximum atomic E-state index is 5.91. The van der Waals surface area contributed by atoms with E-state index in [0.717, 1.165) is 20.3 Å². The zero-order valence-corrected chi connectivity index (χ0v) is 8.43. The molecule has 2 rings (SSSR count). The van der Waals surface area contributed by atoms with Crippen molar-refractivity contribution in [3.8, 4) is 0 Å². The monoisotopic (exact) mass is 241 g/mol. The molecular formula is C9H5BrClN. The standard InChI is InChI=1S/C9H5BrClN/c10-9-7-5-12-4-3-6(7)1-2-8(9)11/h1-5H. The number of nitrogens with zero attached hydrogens (tertiary/aromatic N) is 1. The summed E-state index contributed by atoms with van der Waals surface area (Å²) in [7, 11) is 0. The summed E-state index contributed by atoms with van der Waals surface area (Å²) >= 11 is 9.32. The average Bonchev–Trinajstić information content (AvgIpc) is 2.12. The molecule has 0 aliphatic rings. The highest BCUT2D eigenvalue weighted by Crippen LogP contribution is 2.29. The zero-order chi connectivity index (χ0) is 8.55. The first-order valence-electron chi connectivity index (χ1n) is 3.47. The van der Waals surface area contributed by atoms with Crippen molar-refractivity contribution >= 4 is 38.3 Å². The molecule has 0 atom stereocenters. The van der Waals surface area contributed by atoms with Crippen LogP contribution in [-0.2, 0) is 0 Å². The molecule has 0 aliphatic heterocycles. The molecule has 1 aromatic heterocycles. The molecule has 0 N–H and O–H groups in total. The first-order chi connectivity index (χ1) is 5.79. The van der Waals surface area contributed by atoms with Crippen molar-refractivity contribution < 1.29 is 0 Å². The smallest absolute Gasteiger partial charge is 0.0555 e. The minimum Gasteiger partial charge on any atom is -0.264 e. The molecule has 12 heavy (non-hydrogen) atoms. The van der Waals surface area contributed by atoms with Gasteiger partial charge in [0, 0.05) is 22.3 Å². The number of aromatic nitrogens is 1. The van der Waals surface area contributed by atoms with E-state index in [1.807, 2.05) is 18.2 Å². The molecule has 0 saturated heterocycles. The molecule has 1 nitrogen and oxygen atoms in total. The minimum atomic E-state index is 0.718. The Morgan fingerprint density at radius 1 is 1.25 bits per heavy atom. The van der Waals surface area contributed by atoms with E-state index in [1.165, 1.54) is 0 Å². The highest BCUT2D eigenvalue weighted by atomic mass is 79.9. The maximum Gasteiger partial charge on any atom is 0.0555 e. The summed E-state index contributed by atoms with van der Waals surface area (Å²) in [6, 6.07) is 5.80. The Bertz CT molecular complexity index is 428. The summed E-state index contributed by atoms with van der Waals surface area (Å²) < 4.78 is 0.912. The van der Waals surface area contributed by atoms with E-state index >= 15 is 0 Å². The number of rotatable bonds is 0. The molecule has 3 heteroatoms. The summed E-state index contributed by atoms with van der Waals surface area (Å²) in [6.45, 7) is 0. The third-order valence-electron chi connectivity index (χ3n) is 1.71. The summed E-state index contributed by atoms with van der Waals surface area (Å²) in [5, 5.41) is 2.90. The molecule has 1 heterocycles. The highest BCUT2D eigenvalue weighted by molar-refractivity contribution is 9.10. The number of halogens is 2. The number of fused-ring (bicyclic) bond motifs is 1. The largest absolute Gasteiger partial charge is 0.264 e. The van der Waals surface area contributed by atoms with E-state index in [0.29, 0.717) is 0 Å². The predicted octanol–water partition coefficient (Wildman–Crippen LogP) is 3.65. The number of hydrogen-bond acceptors (Lipinski definition) is 1. The van der Waals surface area contributed by atoms with Crippen molar-refractivity contribution in [1.29, 1.82) is 0 Å². The Morgan fingerprint density at radius 2 is 2.08 bits per heavy atom. The van der Waals surface area contributed by atoms with Gasteiger partial charge in [-0.25, -0.2) is 0 Å². The molecule has 0 unspecified atom stereocenters.